The van der Waals surface area contributed by atoms with E-state index in [4.69, 9.17) is 4.74 Å². The molecular formula is C17H22N2O3. The topological polar surface area (TPSA) is 49.9 Å². The van der Waals surface area contributed by atoms with E-state index in [1.54, 1.807) is 11.9 Å². The number of amides is 2. The van der Waals surface area contributed by atoms with E-state index in [-0.39, 0.29) is 23.8 Å². The SMILES string of the molecule is Cc1ccc([C@@H]2[C@@H](C(=O)N3CCOCC3)CC(=O)N2C)cc1. The first-order valence-electron chi connectivity index (χ1n) is 7.76. The maximum Gasteiger partial charge on any atom is 0.228 e. The molecule has 2 aliphatic rings. The third kappa shape index (κ3) is 2.73. The van der Waals surface area contributed by atoms with Gasteiger partial charge >= 0.3 is 0 Å². The molecule has 2 atom stereocenters. The lowest BCUT2D eigenvalue weighted by Gasteiger charge is -2.32. The van der Waals surface area contributed by atoms with Crippen molar-refractivity contribution in [2.45, 2.75) is 19.4 Å². The van der Waals surface area contributed by atoms with Crippen LogP contribution in [0.1, 0.15) is 23.6 Å². The maximum absolute atomic E-state index is 12.8. The van der Waals surface area contributed by atoms with Gasteiger partial charge in [-0.1, -0.05) is 29.8 Å². The van der Waals surface area contributed by atoms with Gasteiger partial charge in [0.2, 0.25) is 11.8 Å². The number of likely N-dealkylation sites (tertiary alicyclic amines) is 1. The molecule has 0 unspecified atom stereocenters. The van der Waals surface area contributed by atoms with Crippen molar-refractivity contribution in [2.24, 2.45) is 5.92 Å². The fourth-order valence-electron chi connectivity index (χ4n) is 3.33. The van der Waals surface area contributed by atoms with Crippen LogP contribution in [0.15, 0.2) is 24.3 Å². The van der Waals surface area contributed by atoms with Crippen molar-refractivity contribution >= 4 is 11.8 Å². The van der Waals surface area contributed by atoms with E-state index in [0.717, 1.165) is 5.56 Å². The molecule has 2 fully saturated rings. The van der Waals surface area contributed by atoms with Crippen LogP contribution >= 0.6 is 0 Å². The lowest BCUT2D eigenvalue weighted by molar-refractivity contribution is -0.140. The minimum Gasteiger partial charge on any atom is -0.378 e. The normalized spacial score (nSPS) is 25.6. The molecule has 3 rings (SSSR count). The average molecular weight is 302 g/mol. The number of carbonyl (C=O) groups excluding carboxylic acids is 2. The zero-order valence-corrected chi connectivity index (χ0v) is 13.1. The van der Waals surface area contributed by atoms with E-state index in [1.165, 1.54) is 5.56 Å². The van der Waals surface area contributed by atoms with Crippen molar-refractivity contribution in [1.82, 2.24) is 9.80 Å². The number of aryl methyl sites for hydroxylation is 1. The molecule has 5 heteroatoms. The summed E-state index contributed by atoms with van der Waals surface area (Å²) >= 11 is 0. The summed E-state index contributed by atoms with van der Waals surface area (Å²) in [6.45, 7) is 4.43. The quantitative estimate of drug-likeness (QED) is 0.829. The second kappa shape index (κ2) is 6.08. The summed E-state index contributed by atoms with van der Waals surface area (Å²) in [4.78, 5) is 28.5. The van der Waals surface area contributed by atoms with Crippen LogP contribution in [0.2, 0.25) is 0 Å². The van der Waals surface area contributed by atoms with Gasteiger partial charge in [0, 0.05) is 26.6 Å². The zero-order valence-electron chi connectivity index (χ0n) is 13.1. The molecule has 1 aromatic rings. The largest absolute Gasteiger partial charge is 0.378 e. The second-order valence-corrected chi connectivity index (χ2v) is 6.11. The minimum absolute atomic E-state index is 0.0391. The smallest absolute Gasteiger partial charge is 0.228 e. The molecule has 0 aromatic heterocycles. The molecule has 0 aliphatic carbocycles. The van der Waals surface area contributed by atoms with Gasteiger partial charge < -0.3 is 14.5 Å². The van der Waals surface area contributed by atoms with Crippen molar-refractivity contribution in [2.75, 3.05) is 33.4 Å². The third-order valence-corrected chi connectivity index (χ3v) is 4.65. The number of morpholine rings is 1. The van der Waals surface area contributed by atoms with Gasteiger partial charge in [0.1, 0.15) is 0 Å². The van der Waals surface area contributed by atoms with Crippen LogP contribution in [-0.4, -0.2) is 55.0 Å². The number of nitrogens with zero attached hydrogens (tertiary/aromatic N) is 2. The van der Waals surface area contributed by atoms with Crippen LogP contribution in [-0.2, 0) is 14.3 Å². The van der Waals surface area contributed by atoms with Crippen molar-refractivity contribution in [3.05, 3.63) is 35.4 Å². The summed E-state index contributed by atoms with van der Waals surface area (Å²) in [5.74, 6) is -0.179. The van der Waals surface area contributed by atoms with E-state index in [0.29, 0.717) is 32.7 Å². The maximum atomic E-state index is 12.8. The molecule has 2 heterocycles. The molecular weight excluding hydrogens is 280 g/mol. The van der Waals surface area contributed by atoms with Crippen molar-refractivity contribution in [3.8, 4) is 0 Å². The number of hydrogen-bond acceptors (Lipinski definition) is 3. The Morgan fingerprint density at radius 1 is 1.18 bits per heavy atom. The fourth-order valence-corrected chi connectivity index (χ4v) is 3.33. The Bertz CT molecular complexity index is 564. The van der Waals surface area contributed by atoms with Gasteiger partial charge in [0.05, 0.1) is 25.2 Å². The Morgan fingerprint density at radius 3 is 2.45 bits per heavy atom. The highest BCUT2D eigenvalue weighted by Gasteiger charge is 2.44. The summed E-state index contributed by atoms with van der Waals surface area (Å²) in [5, 5.41) is 0. The molecule has 2 amide bonds. The summed E-state index contributed by atoms with van der Waals surface area (Å²) in [6.07, 6.45) is 0.297. The van der Waals surface area contributed by atoms with Crippen LogP contribution in [0.4, 0.5) is 0 Å². The predicted molar refractivity (Wildman–Crippen MR) is 82.2 cm³/mol. The highest BCUT2D eigenvalue weighted by atomic mass is 16.5. The third-order valence-electron chi connectivity index (χ3n) is 4.65. The molecule has 1 aromatic carbocycles. The molecule has 2 aliphatic heterocycles. The first kappa shape index (κ1) is 15.0. The number of ether oxygens (including phenoxy) is 1. The highest BCUT2D eigenvalue weighted by molar-refractivity contribution is 5.90. The molecule has 22 heavy (non-hydrogen) atoms. The van der Waals surface area contributed by atoms with Crippen molar-refractivity contribution < 1.29 is 14.3 Å². The van der Waals surface area contributed by atoms with Crippen LogP contribution in [0.5, 0.6) is 0 Å². The summed E-state index contributed by atoms with van der Waals surface area (Å²) in [7, 11) is 1.79. The van der Waals surface area contributed by atoms with E-state index in [9.17, 15) is 9.59 Å². The number of rotatable bonds is 2. The number of hydrogen-bond donors (Lipinski definition) is 0. The predicted octanol–water partition coefficient (Wildman–Crippen LogP) is 1.37. The van der Waals surface area contributed by atoms with Crippen LogP contribution in [0.25, 0.3) is 0 Å². The molecule has 0 saturated carbocycles. The first-order chi connectivity index (χ1) is 10.6. The Labute approximate surface area is 130 Å². The zero-order chi connectivity index (χ0) is 15.7. The van der Waals surface area contributed by atoms with Gasteiger partial charge in [-0.05, 0) is 12.5 Å². The molecule has 118 valence electrons. The standard InChI is InChI=1S/C17H22N2O3/c1-12-3-5-13(6-4-12)16-14(11-15(20)18(16)2)17(21)19-7-9-22-10-8-19/h3-6,14,16H,7-11H2,1-2H3/t14-,16+/m0/s1. The van der Waals surface area contributed by atoms with E-state index in [1.807, 2.05) is 36.1 Å². The molecule has 0 bridgehead atoms. The molecule has 0 radical (unpaired) electrons. The molecule has 0 spiro atoms. The summed E-state index contributed by atoms with van der Waals surface area (Å²) in [6, 6.07) is 7.94. The Kier molecular flexibility index (Phi) is 4.16. The molecule has 2 saturated heterocycles. The molecule has 0 N–H and O–H groups in total. The van der Waals surface area contributed by atoms with E-state index >= 15 is 0 Å². The van der Waals surface area contributed by atoms with E-state index in [2.05, 4.69) is 0 Å². The van der Waals surface area contributed by atoms with Gasteiger partial charge in [0.25, 0.3) is 0 Å². The Balaban J connectivity index is 1.86. The second-order valence-electron chi connectivity index (χ2n) is 6.11. The fraction of sp³-hybridized carbons (Fsp3) is 0.529. The molecule has 5 nitrogen and oxygen atoms in total. The lowest BCUT2D eigenvalue weighted by atomic mass is 9.92. The number of carbonyl (C=O) groups is 2. The Hall–Kier alpha value is -1.88. The van der Waals surface area contributed by atoms with Gasteiger partial charge in [0.15, 0.2) is 0 Å². The first-order valence-corrected chi connectivity index (χ1v) is 7.76. The minimum atomic E-state index is -0.293. The van der Waals surface area contributed by atoms with Crippen LogP contribution in [0, 0.1) is 12.8 Å². The van der Waals surface area contributed by atoms with Gasteiger partial charge in [-0.3, -0.25) is 9.59 Å². The summed E-state index contributed by atoms with van der Waals surface area (Å²) < 4.78 is 5.31. The lowest BCUT2D eigenvalue weighted by Crippen LogP contribution is -2.44. The number of benzene rings is 1. The highest BCUT2D eigenvalue weighted by Crippen LogP contribution is 2.38. The summed E-state index contributed by atoms with van der Waals surface area (Å²) in [5.41, 5.74) is 2.21. The van der Waals surface area contributed by atoms with Crippen LogP contribution in [0.3, 0.4) is 0 Å². The van der Waals surface area contributed by atoms with Gasteiger partial charge in [-0.25, -0.2) is 0 Å². The van der Waals surface area contributed by atoms with Crippen LogP contribution < -0.4 is 0 Å². The Morgan fingerprint density at radius 2 is 1.82 bits per heavy atom. The average Bonchev–Trinajstić information content (AvgIpc) is 2.84. The monoisotopic (exact) mass is 302 g/mol. The van der Waals surface area contributed by atoms with Crippen molar-refractivity contribution in [3.63, 3.8) is 0 Å². The van der Waals surface area contributed by atoms with E-state index < -0.39 is 0 Å². The van der Waals surface area contributed by atoms with Crippen molar-refractivity contribution in [1.29, 1.82) is 0 Å². The van der Waals surface area contributed by atoms with Gasteiger partial charge in [-0.15, -0.1) is 0 Å². The van der Waals surface area contributed by atoms with Gasteiger partial charge in [-0.2, -0.15) is 0 Å².